The number of ether oxygens (including phenoxy) is 1. The first-order chi connectivity index (χ1) is 19.6. The zero-order chi connectivity index (χ0) is 29.1. The molecule has 0 bridgehead atoms. The summed E-state index contributed by atoms with van der Waals surface area (Å²) >= 11 is 0. The molecule has 1 unspecified atom stereocenters. The van der Waals surface area contributed by atoms with Crippen molar-refractivity contribution in [3.8, 4) is 11.4 Å². The minimum atomic E-state index is -3.95. The number of aromatic nitrogens is 4. The second kappa shape index (κ2) is 11.2. The summed E-state index contributed by atoms with van der Waals surface area (Å²) in [5, 5.41) is 2.62. The number of amides is 1. The monoisotopic (exact) mass is 570 g/mol. The summed E-state index contributed by atoms with van der Waals surface area (Å²) in [5.74, 6) is -0.609. The van der Waals surface area contributed by atoms with Crippen molar-refractivity contribution in [2.75, 3.05) is 10.0 Å². The van der Waals surface area contributed by atoms with E-state index in [0.29, 0.717) is 33.9 Å². The van der Waals surface area contributed by atoms with Gasteiger partial charge in [-0.25, -0.2) is 32.9 Å². The van der Waals surface area contributed by atoms with Crippen LogP contribution in [0.5, 0.6) is 0 Å². The largest absolute Gasteiger partial charge is 0.449 e. The van der Waals surface area contributed by atoms with Crippen LogP contribution in [0, 0.1) is 13.8 Å². The molecule has 0 aliphatic rings. The van der Waals surface area contributed by atoms with Gasteiger partial charge in [-0.1, -0.05) is 30.3 Å². The summed E-state index contributed by atoms with van der Waals surface area (Å²) in [4.78, 5) is 41.3. The quantitative estimate of drug-likeness (QED) is 0.228. The first kappa shape index (κ1) is 27.5. The highest BCUT2D eigenvalue weighted by atomic mass is 32.2. The topological polar surface area (TPSA) is 156 Å². The van der Waals surface area contributed by atoms with Crippen LogP contribution in [0.3, 0.4) is 0 Å². The van der Waals surface area contributed by atoms with Crippen LogP contribution in [0.1, 0.15) is 28.7 Å². The lowest BCUT2D eigenvalue weighted by molar-refractivity contribution is -0.123. The Bertz CT molecular complexity index is 1830. The minimum Gasteiger partial charge on any atom is -0.449 e. The fraction of sp³-hybridized carbons (Fsp3) is 0.138. The number of imidazole rings is 1. The van der Waals surface area contributed by atoms with Gasteiger partial charge in [0.05, 0.1) is 21.5 Å². The molecule has 208 valence electrons. The minimum absolute atomic E-state index is 0.0289. The molecule has 41 heavy (non-hydrogen) atoms. The van der Waals surface area contributed by atoms with Crippen molar-refractivity contribution in [2.24, 2.45) is 0 Å². The van der Waals surface area contributed by atoms with E-state index in [2.05, 4.69) is 30.0 Å². The molecule has 1 amide bonds. The lowest BCUT2D eigenvalue weighted by atomic mass is 10.2. The van der Waals surface area contributed by atoms with Crippen LogP contribution in [0.25, 0.3) is 22.4 Å². The second-order valence-corrected chi connectivity index (χ2v) is 11.0. The summed E-state index contributed by atoms with van der Waals surface area (Å²) in [6.07, 6.45) is -1.12. The number of nitrogens with one attached hydrogen (secondary N) is 3. The molecule has 0 saturated carbocycles. The Morgan fingerprint density at radius 3 is 2.24 bits per heavy atom. The van der Waals surface area contributed by atoms with Gasteiger partial charge in [-0.2, -0.15) is 0 Å². The highest BCUT2D eigenvalue weighted by Crippen LogP contribution is 2.22. The fourth-order valence-electron chi connectivity index (χ4n) is 4.06. The molecule has 12 heteroatoms. The number of H-pyrrole nitrogens is 1. The molecule has 3 aromatic carbocycles. The number of anilines is 2. The predicted octanol–water partition coefficient (Wildman–Crippen LogP) is 4.62. The zero-order valence-electron chi connectivity index (χ0n) is 22.4. The molecular formula is C29H26N6O5S. The number of fused-ring (bicyclic) bond motifs is 1. The van der Waals surface area contributed by atoms with Gasteiger partial charge >= 0.3 is 5.97 Å². The SMILES string of the molecule is Cc1cc(C)nc(NS(=O)(=O)c2ccc(NC(=O)C(C)OC(=O)c3ccc4nc(-c5ccccc5)[nH]c4c3)cc2)n1. The van der Waals surface area contributed by atoms with Gasteiger partial charge in [0.2, 0.25) is 5.95 Å². The highest BCUT2D eigenvalue weighted by Gasteiger charge is 2.21. The van der Waals surface area contributed by atoms with Gasteiger partial charge in [0, 0.05) is 22.6 Å². The normalized spacial score (nSPS) is 12.1. The molecule has 0 spiro atoms. The first-order valence-corrected chi connectivity index (χ1v) is 14.1. The number of sulfonamides is 1. The molecule has 0 saturated heterocycles. The van der Waals surface area contributed by atoms with E-state index in [1.54, 1.807) is 38.1 Å². The van der Waals surface area contributed by atoms with Gasteiger partial charge in [0.15, 0.2) is 6.10 Å². The summed E-state index contributed by atoms with van der Waals surface area (Å²) in [6, 6.07) is 21.8. The number of hydrogen-bond acceptors (Lipinski definition) is 8. The van der Waals surface area contributed by atoms with Gasteiger partial charge in [-0.3, -0.25) is 4.79 Å². The molecule has 0 aliphatic carbocycles. The van der Waals surface area contributed by atoms with E-state index in [-0.39, 0.29) is 16.4 Å². The lowest BCUT2D eigenvalue weighted by Crippen LogP contribution is -2.30. The second-order valence-electron chi connectivity index (χ2n) is 9.32. The van der Waals surface area contributed by atoms with Crippen LogP contribution >= 0.6 is 0 Å². The maximum atomic E-state index is 12.8. The van der Waals surface area contributed by atoms with Crippen LogP contribution in [0.15, 0.2) is 83.8 Å². The van der Waals surface area contributed by atoms with Crippen molar-refractivity contribution >= 4 is 44.6 Å². The van der Waals surface area contributed by atoms with Gasteiger partial charge in [0.25, 0.3) is 15.9 Å². The van der Waals surface area contributed by atoms with Crippen molar-refractivity contribution in [1.82, 2.24) is 19.9 Å². The zero-order valence-corrected chi connectivity index (χ0v) is 23.2. The van der Waals surface area contributed by atoms with E-state index in [1.165, 1.54) is 31.2 Å². The third-order valence-corrected chi connectivity index (χ3v) is 7.40. The van der Waals surface area contributed by atoms with Crippen LogP contribution in [-0.4, -0.2) is 46.3 Å². The Hall–Kier alpha value is -5.10. The van der Waals surface area contributed by atoms with Crippen molar-refractivity contribution < 1.29 is 22.7 Å². The van der Waals surface area contributed by atoms with E-state index in [9.17, 15) is 18.0 Å². The molecule has 0 radical (unpaired) electrons. The molecule has 3 N–H and O–H groups in total. The van der Waals surface area contributed by atoms with Gasteiger partial charge < -0.3 is 15.0 Å². The number of carbonyl (C=O) groups is 2. The number of nitrogens with zero attached hydrogens (tertiary/aromatic N) is 3. The molecule has 5 rings (SSSR count). The molecular weight excluding hydrogens is 544 g/mol. The van der Waals surface area contributed by atoms with Crippen molar-refractivity contribution in [3.05, 3.63) is 95.8 Å². The number of benzene rings is 3. The van der Waals surface area contributed by atoms with Crippen LogP contribution in [0.4, 0.5) is 11.6 Å². The number of esters is 1. The smallest absolute Gasteiger partial charge is 0.338 e. The Kier molecular flexibility index (Phi) is 7.49. The number of aryl methyl sites for hydroxylation is 2. The van der Waals surface area contributed by atoms with Crippen LogP contribution < -0.4 is 10.0 Å². The van der Waals surface area contributed by atoms with E-state index in [0.717, 1.165) is 5.56 Å². The van der Waals surface area contributed by atoms with Crippen LogP contribution in [0.2, 0.25) is 0 Å². The summed E-state index contributed by atoms with van der Waals surface area (Å²) in [5.41, 5.74) is 4.10. The Labute approximate surface area is 236 Å². The van der Waals surface area contributed by atoms with E-state index in [1.807, 2.05) is 30.3 Å². The Morgan fingerprint density at radius 1 is 0.878 bits per heavy atom. The van der Waals surface area contributed by atoms with Crippen molar-refractivity contribution in [2.45, 2.75) is 31.8 Å². The Morgan fingerprint density at radius 2 is 1.56 bits per heavy atom. The van der Waals surface area contributed by atoms with Gasteiger partial charge in [-0.15, -0.1) is 0 Å². The van der Waals surface area contributed by atoms with Gasteiger partial charge in [-0.05, 0) is 69.3 Å². The van der Waals surface area contributed by atoms with E-state index in [4.69, 9.17) is 4.74 Å². The van der Waals surface area contributed by atoms with E-state index >= 15 is 0 Å². The number of carbonyl (C=O) groups excluding carboxylic acids is 2. The average Bonchev–Trinajstić information content (AvgIpc) is 3.36. The van der Waals surface area contributed by atoms with E-state index < -0.39 is 28.0 Å². The third-order valence-electron chi connectivity index (χ3n) is 6.06. The Balaban J connectivity index is 1.21. The van der Waals surface area contributed by atoms with Gasteiger partial charge in [0.1, 0.15) is 5.82 Å². The summed E-state index contributed by atoms with van der Waals surface area (Å²) in [6.45, 7) is 4.92. The molecule has 0 fully saturated rings. The highest BCUT2D eigenvalue weighted by molar-refractivity contribution is 7.92. The molecule has 1 atom stereocenters. The van der Waals surface area contributed by atoms with Crippen LogP contribution in [-0.2, 0) is 19.6 Å². The van der Waals surface area contributed by atoms with Crippen molar-refractivity contribution in [3.63, 3.8) is 0 Å². The standard InChI is InChI=1S/C29H26N6O5S/c1-17-15-18(2)31-29(30-17)35-41(38,39)23-12-10-22(11-13-23)32-27(36)19(3)40-28(37)21-9-14-24-25(16-21)34-26(33-24)20-7-5-4-6-8-20/h4-16,19H,1-3H3,(H,32,36)(H,33,34)(H,30,31,35). The molecule has 0 aliphatic heterocycles. The average molecular weight is 571 g/mol. The number of hydrogen-bond donors (Lipinski definition) is 3. The molecule has 2 aromatic heterocycles. The number of aromatic amines is 1. The maximum Gasteiger partial charge on any atom is 0.338 e. The molecule has 11 nitrogen and oxygen atoms in total. The first-order valence-electron chi connectivity index (χ1n) is 12.6. The predicted molar refractivity (Wildman–Crippen MR) is 154 cm³/mol. The molecule has 5 aromatic rings. The lowest BCUT2D eigenvalue weighted by Gasteiger charge is -2.14. The number of rotatable bonds is 8. The summed E-state index contributed by atoms with van der Waals surface area (Å²) < 4.78 is 33.2. The third kappa shape index (κ3) is 6.39. The summed E-state index contributed by atoms with van der Waals surface area (Å²) in [7, 11) is -3.95. The maximum absolute atomic E-state index is 12.8. The molecule has 2 heterocycles. The fourth-order valence-corrected chi connectivity index (χ4v) is 5.01. The van der Waals surface area contributed by atoms with Crippen molar-refractivity contribution in [1.29, 1.82) is 0 Å².